The van der Waals surface area contributed by atoms with Gasteiger partial charge in [-0.15, -0.1) is 0 Å². The third-order valence-electron chi connectivity index (χ3n) is 3.40. The smallest absolute Gasteiger partial charge is 0.0495 e. The molecule has 3 heteroatoms. The molecule has 0 unspecified atom stereocenters. The van der Waals surface area contributed by atoms with Gasteiger partial charge in [-0.25, -0.2) is 0 Å². The predicted octanol–water partition coefficient (Wildman–Crippen LogP) is 1.73. The van der Waals surface area contributed by atoms with E-state index < -0.39 is 0 Å². The topological polar surface area (TPSA) is 24.5 Å². The van der Waals surface area contributed by atoms with Crippen LogP contribution >= 0.6 is 0 Å². The number of hydrogen-bond donors (Lipinski definition) is 1. The molecule has 1 fully saturated rings. The van der Waals surface area contributed by atoms with Crippen LogP contribution in [0.25, 0.3) is 0 Å². The minimum Gasteiger partial charge on any atom is -0.381 e. The number of likely N-dealkylation sites (tertiary alicyclic amines) is 1. The van der Waals surface area contributed by atoms with Crippen molar-refractivity contribution in [3.8, 4) is 0 Å². The second kappa shape index (κ2) is 8.97. The predicted molar refractivity (Wildman–Crippen MR) is 68.8 cm³/mol. The fraction of sp³-hybridized carbons (Fsp3) is 1.00. The van der Waals surface area contributed by atoms with E-state index in [0.717, 1.165) is 38.6 Å². The molecule has 0 radical (unpaired) electrons. The minimum absolute atomic E-state index is 0.807. The molecule has 0 amide bonds. The highest BCUT2D eigenvalue weighted by atomic mass is 16.5. The number of nitrogens with zero attached hydrogens (tertiary/aromatic N) is 1. The summed E-state index contributed by atoms with van der Waals surface area (Å²) in [6.45, 7) is 12.2. The summed E-state index contributed by atoms with van der Waals surface area (Å²) < 4.78 is 5.73. The molecule has 0 bridgehead atoms. The number of nitrogens with one attached hydrogen (secondary N) is 1. The molecule has 0 aliphatic carbocycles. The maximum Gasteiger partial charge on any atom is 0.0495 e. The van der Waals surface area contributed by atoms with Crippen LogP contribution in [0.1, 0.15) is 33.1 Å². The molecule has 1 saturated heterocycles. The third kappa shape index (κ3) is 5.83. The molecule has 1 N–H and O–H groups in total. The van der Waals surface area contributed by atoms with Gasteiger partial charge < -0.3 is 15.0 Å². The first-order valence-corrected chi connectivity index (χ1v) is 6.87. The molecule has 1 rings (SSSR count). The largest absolute Gasteiger partial charge is 0.381 e. The average Bonchev–Trinajstić information content (AvgIpc) is 2.34. The van der Waals surface area contributed by atoms with E-state index in [1.807, 2.05) is 0 Å². The highest BCUT2D eigenvalue weighted by Crippen LogP contribution is 2.16. The van der Waals surface area contributed by atoms with E-state index in [4.69, 9.17) is 4.74 Å². The van der Waals surface area contributed by atoms with Gasteiger partial charge in [-0.3, -0.25) is 0 Å². The van der Waals surface area contributed by atoms with E-state index in [9.17, 15) is 0 Å². The van der Waals surface area contributed by atoms with Crippen molar-refractivity contribution in [1.29, 1.82) is 0 Å². The molecule has 3 nitrogen and oxygen atoms in total. The molecule has 0 saturated carbocycles. The molecule has 1 heterocycles. The summed E-state index contributed by atoms with van der Waals surface area (Å²) in [5, 5.41) is 3.31. The summed E-state index contributed by atoms with van der Waals surface area (Å²) >= 11 is 0. The maximum absolute atomic E-state index is 5.73. The Morgan fingerprint density at radius 2 is 2.00 bits per heavy atom. The molecule has 0 atom stereocenters. The highest BCUT2D eigenvalue weighted by molar-refractivity contribution is 4.70. The van der Waals surface area contributed by atoms with Gasteiger partial charge in [0.2, 0.25) is 0 Å². The van der Waals surface area contributed by atoms with Gasteiger partial charge in [0.25, 0.3) is 0 Å². The molecule has 1 aliphatic heterocycles. The van der Waals surface area contributed by atoms with Crippen LogP contribution in [-0.2, 0) is 4.74 Å². The molecule has 0 spiro atoms. The van der Waals surface area contributed by atoms with Crippen LogP contribution in [0.4, 0.5) is 0 Å². The minimum atomic E-state index is 0.807. The van der Waals surface area contributed by atoms with Gasteiger partial charge in [0.05, 0.1) is 0 Å². The van der Waals surface area contributed by atoms with E-state index in [-0.39, 0.29) is 0 Å². The van der Waals surface area contributed by atoms with Crippen molar-refractivity contribution < 1.29 is 4.74 Å². The van der Waals surface area contributed by atoms with Crippen LogP contribution in [0.5, 0.6) is 0 Å². The van der Waals surface area contributed by atoms with Gasteiger partial charge in [0, 0.05) is 13.2 Å². The molecule has 0 aromatic heterocycles. The second-order valence-corrected chi connectivity index (χ2v) is 4.66. The summed E-state index contributed by atoms with van der Waals surface area (Å²) in [4.78, 5) is 2.53. The lowest BCUT2D eigenvalue weighted by molar-refractivity contribution is 0.0670. The van der Waals surface area contributed by atoms with E-state index in [1.54, 1.807) is 0 Å². The standard InChI is InChI=1S/C13H28N2O/c1-3-14-8-5-11-16-12-13-6-9-15(4-2)10-7-13/h13-14H,3-12H2,1-2H3. The van der Waals surface area contributed by atoms with Crippen LogP contribution in [0, 0.1) is 5.92 Å². The van der Waals surface area contributed by atoms with Gasteiger partial charge >= 0.3 is 0 Å². The van der Waals surface area contributed by atoms with Crippen molar-refractivity contribution in [2.45, 2.75) is 33.1 Å². The van der Waals surface area contributed by atoms with Crippen LogP contribution in [0.2, 0.25) is 0 Å². The Balaban J connectivity index is 1.90. The van der Waals surface area contributed by atoms with Gasteiger partial charge in [-0.1, -0.05) is 13.8 Å². The summed E-state index contributed by atoms with van der Waals surface area (Å²) in [6.07, 6.45) is 3.78. The van der Waals surface area contributed by atoms with Crippen molar-refractivity contribution in [3.05, 3.63) is 0 Å². The Morgan fingerprint density at radius 1 is 1.25 bits per heavy atom. The first-order chi connectivity index (χ1) is 7.86. The molecule has 96 valence electrons. The van der Waals surface area contributed by atoms with E-state index in [0.29, 0.717) is 0 Å². The first kappa shape index (κ1) is 13.9. The molecule has 1 aliphatic rings. The normalized spacial score (nSPS) is 19.1. The number of rotatable bonds is 8. The second-order valence-electron chi connectivity index (χ2n) is 4.66. The van der Waals surface area contributed by atoms with E-state index >= 15 is 0 Å². The SMILES string of the molecule is CCNCCCOCC1CCN(CC)CC1. The number of hydrogen-bond acceptors (Lipinski definition) is 3. The number of piperidine rings is 1. The fourth-order valence-corrected chi connectivity index (χ4v) is 2.20. The van der Waals surface area contributed by atoms with Crippen molar-refractivity contribution in [3.63, 3.8) is 0 Å². The van der Waals surface area contributed by atoms with Gasteiger partial charge in [0.15, 0.2) is 0 Å². The van der Waals surface area contributed by atoms with Gasteiger partial charge in [-0.05, 0) is 57.9 Å². The lowest BCUT2D eigenvalue weighted by atomic mass is 9.98. The summed E-state index contributed by atoms with van der Waals surface area (Å²) in [6, 6.07) is 0. The maximum atomic E-state index is 5.73. The van der Waals surface area contributed by atoms with Crippen LogP contribution in [0.3, 0.4) is 0 Å². The summed E-state index contributed by atoms with van der Waals surface area (Å²) in [5.74, 6) is 0.807. The molecular formula is C13H28N2O. The van der Waals surface area contributed by atoms with Crippen LogP contribution < -0.4 is 5.32 Å². The zero-order valence-electron chi connectivity index (χ0n) is 11.0. The Kier molecular flexibility index (Phi) is 7.81. The molecule has 0 aromatic carbocycles. The zero-order valence-corrected chi connectivity index (χ0v) is 11.0. The van der Waals surface area contributed by atoms with Gasteiger partial charge in [-0.2, -0.15) is 0 Å². The average molecular weight is 228 g/mol. The van der Waals surface area contributed by atoms with E-state index in [2.05, 4.69) is 24.1 Å². The van der Waals surface area contributed by atoms with E-state index in [1.165, 1.54) is 32.5 Å². The fourth-order valence-electron chi connectivity index (χ4n) is 2.20. The third-order valence-corrected chi connectivity index (χ3v) is 3.40. The van der Waals surface area contributed by atoms with Crippen LogP contribution in [0.15, 0.2) is 0 Å². The zero-order chi connectivity index (χ0) is 11.6. The highest BCUT2D eigenvalue weighted by Gasteiger charge is 2.17. The van der Waals surface area contributed by atoms with Crippen molar-refractivity contribution in [2.75, 3.05) is 45.9 Å². The Hall–Kier alpha value is -0.120. The molecule has 16 heavy (non-hydrogen) atoms. The van der Waals surface area contributed by atoms with Gasteiger partial charge in [0.1, 0.15) is 0 Å². The number of ether oxygens (including phenoxy) is 1. The lowest BCUT2D eigenvalue weighted by Crippen LogP contribution is -2.34. The monoisotopic (exact) mass is 228 g/mol. The van der Waals surface area contributed by atoms with Crippen molar-refractivity contribution in [1.82, 2.24) is 10.2 Å². The summed E-state index contributed by atoms with van der Waals surface area (Å²) in [5.41, 5.74) is 0. The Labute approximate surface area is 101 Å². The van der Waals surface area contributed by atoms with Crippen LogP contribution in [-0.4, -0.2) is 50.8 Å². The van der Waals surface area contributed by atoms with Crippen molar-refractivity contribution in [2.24, 2.45) is 5.92 Å². The van der Waals surface area contributed by atoms with Crippen molar-refractivity contribution >= 4 is 0 Å². The first-order valence-electron chi connectivity index (χ1n) is 6.87. The quantitative estimate of drug-likeness (QED) is 0.640. The molecule has 0 aromatic rings. The Morgan fingerprint density at radius 3 is 2.62 bits per heavy atom. The Bertz CT molecular complexity index is 156. The molecular weight excluding hydrogens is 200 g/mol. The lowest BCUT2D eigenvalue weighted by Gasteiger charge is -2.30. The summed E-state index contributed by atoms with van der Waals surface area (Å²) in [7, 11) is 0.